The van der Waals surface area contributed by atoms with Gasteiger partial charge in [0, 0.05) is 41.7 Å². The van der Waals surface area contributed by atoms with Crippen LogP contribution in [-0.4, -0.2) is 83.5 Å². The highest BCUT2D eigenvalue weighted by molar-refractivity contribution is 6.31. The van der Waals surface area contributed by atoms with E-state index in [1.807, 2.05) is 44.4 Å². The maximum atomic E-state index is 12.2. The van der Waals surface area contributed by atoms with Gasteiger partial charge >= 0.3 is 5.97 Å². The fourth-order valence-electron chi connectivity index (χ4n) is 6.31. The van der Waals surface area contributed by atoms with Gasteiger partial charge in [-0.1, -0.05) is 42.0 Å². The summed E-state index contributed by atoms with van der Waals surface area (Å²) in [4.78, 5) is 17.0. The molecule has 0 radical (unpaired) electrons. The van der Waals surface area contributed by atoms with Crippen LogP contribution in [0.3, 0.4) is 0 Å². The number of hydrogen-bond donors (Lipinski definition) is 3. The molecule has 2 aliphatic heterocycles. The zero-order chi connectivity index (χ0) is 30.3. The number of esters is 1. The lowest BCUT2D eigenvalue weighted by atomic mass is 9.77. The molecule has 0 aromatic rings. The molecule has 3 N–H and O–H groups in total. The predicted octanol–water partition coefficient (Wildman–Crippen LogP) is 5.53. The molecule has 4 rings (SSSR count). The molecule has 0 saturated carbocycles. The van der Waals surface area contributed by atoms with E-state index in [0.29, 0.717) is 24.9 Å². The highest BCUT2D eigenvalue weighted by atomic mass is 35.5. The Morgan fingerprint density at radius 2 is 2.02 bits per heavy atom. The lowest BCUT2D eigenvalue weighted by Crippen LogP contribution is -2.48. The van der Waals surface area contributed by atoms with Gasteiger partial charge in [0.25, 0.3) is 0 Å². The Balaban J connectivity index is 1.40. The maximum Gasteiger partial charge on any atom is 0.319 e. The number of likely N-dealkylation sites (tertiary alicyclic amines) is 1. The first-order valence-electron chi connectivity index (χ1n) is 15.3. The first kappa shape index (κ1) is 32.3. The zero-order valence-electron chi connectivity index (χ0n) is 25.6. The Bertz CT molecular complexity index is 1180. The summed E-state index contributed by atoms with van der Waals surface area (Å²) >= 11 is 6.12. The second-order valence-electron chi connectivity index (χ2n) is 12.5. The van der Waals surface area contributed by atoms with Gasteiger partial charge in [0.1, 0.15) is 5.76 Å². The number of halogens is 1. The Hall–Kier alpha value is -2.58. The number of aliphatic hydroxyl groups is 2. The number of dihydropyridines is 1. The van der Waals surface area contributed by atoms with Crippen LogP contribution >= 0.6 is 11.6 Å². The Kier molecular flexibility index (Phi) is 11.3. The van der Waals surface area contributed by atoms with Crippen molar-refractivity contribution >= 4 is 17.6 Å². The van der Waals surface area contributed by atoms with E-state index in [2.05, 4.69) is 40.3 Å². The van der Waals surface area contributed by atoms with E-state index in [0.717, 1.165) is 73.6 Å². The fourth-order valence-corrected chi connectivity index (χ4v) is 6.47. The predicted molar refractivity (Wildman–Crippen MR) is 170 cm³/mol. The molecule has 42 heavy (non-hydrogen) atoms. The molecule has 1 saturated heterocycles. The van der Waals surface area contributed by atoms with Crippen LogP contribution in [0, 0.1) is 11.8 Å². The van der Waals surface area contributed by atoms with Crippen molar-refractivity contribution in [2.24, 2.45) is 11.8 Å². The summed E-state index contributed by atoms with van der Waals surface area (Å²) in [6.07, 6.45) is 22.5. The minimum absolute atomic E-state index is 0.0705. The minimum Gasteiger partial charge on any atom is -0.508 e. The van der Waals surface area contributed by atoms with Crippen molar-refractivity contribution in [1.29, 1.82) is 0 Å². The Morgan fingerprint density at radius 1 is 1.26 bits per heavy atom. The molecule has 0 aromatic heterocycles. The van der Waals surface area contributed by atoms with Gasteiger partial charge in [-0.05, 0) is 107 Å². The van der Waals surface area contributed by atoms with Gasteiger partial charge in [-0.25, -0.2) is 0 Å². The number of carbonyl (C=O) groups excluding carboxylic acids is 1. The number of nitrogens with one attached hydrogen (secondary N) is 1. The molecular formula is C34H48ClN3O4. The van der Waals surface area contributed by atoms with Gasteiger partial charge in [0.05, 0.1) is 19.3 Å². The molecule has 230 valence electrons. The molecule has 7 nitrogen and oxygen atoms in total. The first-order chi connectivity index (χ1) is 20.0. The van der Waals surface area contributed by atoms with E-state index in [4.69, 9.17) is 16.3 Å². The zero-order valence-corrected chi connectivity index (χ0v) is 26.3. The highest BCUT2D eigenvalue weighted by Gasteiger charge is 2.32. The van der Waals surface area contributed by atoms with E-state index in [1.165, 1.54) is 7.11 Å². The van der Waals surface area contributed by atoms with Gasteiger partial charge in [0.15, 0.2) is 0 Å². The average Bonchev–Trinajstić information content (AvgIpc) is 2.97. The van der Waals surface area contributed by atoms with Crippen molar-refractivity contribution < 1.29 is 19.7 Å². The Labute approximate surface area is 256 Å². The van der Waals surface area contributed by atoms with Crippen LogP contribution in [0.25, 0.3) is 0 Å². The molecule has 2 heterocycles. The lowest BCUT2D eigenvalue weighted by Gasteiger charge is -2.39. The molecule has 3 atom stereocenters. The van der Waals surface area contributed by atoms with Crippen molar-refractivity contribution in [3.05, 3.63) is 82.3 Å². The molecule has 0 amide bonds. The molecule has 4 aliphatic rings. The van der Waals surface area contributed by atoms with Crippen LogP contribution < -0.4 is 5.32 Å². The molecule has 3 unspecified atom stereocenters. The molecule has 0 bridgehead atoms. The quantitative estimate of drug-likeness (QED) is 0.270. The van der Waals surface area contributed by atoms with E-state index in [1.54, 1.807) is 6.08 Å². The monoisotopic (exact) mass is 597 g/mol. The third-order valence-corrected chi connectivity index (χ3v) is 9.27. The topological polar surface area (TPSA) is 85.3 Å². The molecule has 0 spiro atoms. The van der Waals surface area contributed by atoms with Crippen LogP contribution in [0.2, 0.25) is 0 Å². The summed E-state index contributed by atoms with van der Waals surface area (Å²) in [5.41, 5.74) is 2.23. The van der Waals surface area contributed by atoms with Crippen molar-refractivity contribution in [3.63, 3.8) is 0 Å². The number of ether oxygens (including phenoxy) is 1. The third kappa shape index (κ3) is 8.73. The first-order valence-corrected chi connectivity index (χ1v) is 15.7. The van der Waals surface area contributed by atoms with Gasteiger partial charge < -0.3 is 25.2 Å². The smallest absolute Gasteiger partial charge is 0.319 e. The summed E-state index contributed by atoms with van der Waals surface area (Å²) in [6.45, 7) is 9.77. The summed E-state index contributed by atoms with van der Waals surface area (Å²) < 4.78 is 5.01. The SMILES string of the molecule is COC(=O)CN(CC1C=CC(Cl)=CC1)C1CCN(CC/C=C(\C2=CC=CNC2C)C2=C(O)C=CC(C(C)(C)O)C2)CC1. The van der Waals surface area contributed by atoms with Crippen LogP contribution in [0.15, 0.2) is 82.3 Å². The van der Waals surface area contributed by atoms with Gasteiger partial charge in [0.2, 0.25) is 0 Å². The second-order valence-corrected chi connectivity index (χ2v) is 12.9. The highest BCUT2D eigenvalue weighted by Crippen LogP contribution is 2.37. The summed E-state index contributed by atoms with van der Waals surface area (Å²) in [5, 5.41) is 25.8. The summed E-state index contributed by atoms with van der Waals surface area (Å²) in [7, 11) is 1.45. The largest absolute Gasteiger partial charge is 0.508 e. The van der Waals surface area contributed by atoms with Crippen molar-refractivity contribution in [1.82, 2.24) is 15.1 Å². The molecule has 0 aromatic carbocycles. The molecular weight excluding hydrogens is 550 g/mol. The minimum atomic E-state index is -0.874. The normalized spacial score (nSPS) is 25.9. The number of rotatable bonds is 11. The number of allylic oxidation sites excluding steroid dienone is 7. The number of hydrogen-bond acceptors (Lipinski definition) is 7. The maximum absolute atomic E-state index is 12.2. The van der Waals surface area contributed by atoms with Crippen molar-refractivity contribution in [2.45, 2.75) is 70.6 Å². The second kappa shape index (κ2) is 14.7. The van der Waals surface area contributed by atoms with E-state index in [-0.39, 0.29) is 23.7 Å². The third-order valence-electron chi connectivity index (χ3n) is 8.99. The molecule has 1 fully saturated rings. The van der Waals surface area contributed by atoms with Crippen molar-refractivity contribution in [3.8, 4) is 0 Å². The number of aliphatic hydroxyl groups excluding tert-OH is 1. The van der Waals surface area contributed by atoms with Crippen molar-refractivity contribution in [2.75, 3.05) is 39.8 Å². The van der Waals surface area contributed by atoms with E-state index < -0.39 is 5.60 Å². The van der Waals surface area contributed by atoms with E-state index in [9.17, 15) is 15.0 Å². The summed E-state index contributed by atoms with van der Waals surface area (Å²) in [6, 6.07) is 0.456. The number of piperidine rings is 1. The van der Waals surface area contributed by atoms with Gasteiger partial charge in [-0.3, -0.25) is 9.69 Å². The molecule has 8 heteroatoms. The standard InChI is InChI=1S/C34H48ClN3O4/c1-24-29(7-5-17-36-24)30(31-21-26(34(2,3)41)11-14-32(31)39)8-6-18-37-19-15-28(16-20-37)38(23-33(40)42-4)22-25-9-12-27(35)13-10-25/h5,7-9,11-14,17,24-26,28,36,39,41H,6,10,15-16,18-23H2,1-4H3/b30-8+. The van der Waals surface area contributed by atoms with Crippen LogP contribution in [0.1, 0.15) is 52.9 Å². The fraction of sp³-hybridized carbons (Fsp3) is 0.559. The summed E-state index contributed by atoms with van der Waals surface area (Å²) in [5.74, 6) is 0.359. The molecule has 2 aliphatic carbocycles. The number of methoxy groups -OCH3 is 1. The Morgan fingerprint density at radius 3 is 2.67 bits per heavy atom. The number of carbonyl (C=O) groups is 1. The van der Waals surface area contributed by atoms with Gasteiger partial charge in [-0.15, -0.1) is 0 Å². The number of nitrogens with zero attached hydrogens (tertiary/aromatic N) is 2. The van der Waals surface area contributed by atoms with Crippen LogP contribution in [-0.2, 0) is 9.53 Å². The van der Waals surface area contributed by atoms with Crippen LogP contribution in [0.5, 0.6) is 0 Å². The lowest BCUT2D eigenvalue weighted by molar-refractivity contribution is -0.143. The van der Waals surface area contributed by atoms with E-state index >= 15 is 0 Å². The average molecular weight is 598 g/mol. The van der Waals surface area contributed by atoms with Crippen LogP contribution in [0.4, 0.5) is 0 Å². The van der Waals surface area contributed by atoms with Gasteiger partial charge in [-0.2, -0.15) is 0 Å².